The number of aliphatic hydroxyl groups is 1. The highest BCUT2D eigenvalue weighted by Crippen LogP contribution is 2.33. The SMILES string of the molecule is CC(C)n1cc([C@@]2(O)CCN(c3ccc(C#N)nc3)C2)nn1. The highest BCUT2D eigenvalue weighted by Gasteiger charge is 2.40. The number of β-amino-alcohol motifs (C(OH)–C–C–N with tert-alkyl or cyclic N) is 1. The van der Waals surface area contributed by atoms with Crippen LogP contribution < -0.4 is 4.90 Å². The molecule has 114 valence electrons. The van der Waals surface area contributed by atoms with Crippen LogP contribution in [-0.2, 0) is 5.60 Å². The summed E-state index contributed by atoms with van der Waals surface area (Å²) in [6.45, 7) is 5.19. The topological polar surface area (TPSA) is 90.9 Å². The van der Waals surface area contributed by atoms with Gasteiger partial charge >= 0.3 is 0 Å². The lowest BCUT2D eigenvalue weighted by atomic mass is 10.00. The van der Waals surface area contributed by atoms with Gasteiger partial charge in [-0.2, -0.15) is 5.26 Å². The molecule has 1 aliphatic rings. The van der Waals surface area contributed by atoms with E-state index in [-0.39, 0.29) is 6.04 Å². The van der Waals surface area contributed by atoms with Crippen molar-refractivity contribution in [1.29, 1.82) is 5.26 Å². The third kappa shape index (κ3) is 2.53. The largest absolute Gasteiger partial charge is 0.381 e. The molecule has 1 fully saturated rings. The minimum Gasteiger partial charge on any atom is -0.381 e. The van der Waals surface area contributed by atoms with E-state index in [1.165, 1.54) is 0 Å². The van der Waals surface area contributed by atoms with Crippen LogP contribution >= 0.6 is 0 Å². The van der Waals surface area contributed by atoms with Gasteiger partial charge in [0.2, 0.25) is 0 Å². The summed E-state index contributed by atoms with van der Waals surface area (Å²) in [4.78, 5) is 6.12. The minimum absolute atomic E-state index is 0.213. The molecular weight excluding hydrogens is 280 g/mol. The number of aromatic nitrogens is 4. The van der Waals surface area contributed by atoms with E-state index in [4.69, 9.17) is 5.26 Å². The van der Waals surface area contributed by atoms with Crippen molar-refractivity contribution in [1.82, 2.24) is 20.0 Å². The van der Waals surface area contributed by atoms with Crippen LogP contribution in [0.25, 0.3) is 0 Å². The number of nitriles is 1. The van der Waals surface area contributed by atoms with Crippen LogP contribution in [0.1, 0.15) is 37.7 Å². The summed E-state index contributed by atoms with van der Waals surface area (Å²) in [5.74, 6) is 0. The van der Waals surface area contributed by atoms with Crippen molar-refractivity contribution in [3.63, 3.8) is 0 Å². The zero-order valence-electron chi connectivity index (χ0n) is 12.6. The molecule has 0 aromatic carbocycles. The van der Waals surface area contributed by atoms with Crippen LogP contribution in [0.2, 0.25) is 0 Å². The molecule has 7 heteroatoms. The second-order valence-electron chi connectivity index (χ2n) is 5.89. The predicted molar refractivity (Wildman–Crippen MR) is 80.1 cm³/mol. The molecule has 0 saturated carbocycles. The first kappa shape index (κ1) is 14.5. The molecule has 3 rings (SSSR count). The van der Waals surface area contributed by atoms with Crippen molar-refractivity contribution in [2.45, 2.75) is 31.9 Å². The third-order valence-electron chi connectivity index (χ3n) is 3.99. The molecule has 0 radical (unpaired) electrons. The Balaban J connectivity index is 1.78. The summed E-state index contributed by atoms with van der Waals surface area (Å²) >= 11 is 0. The average Bonchev–Trinajstić information content (AvgIpc) is 3.15. The van der Waals surface area contributed by atoms with Crippen molar-refractivity contribution in [3.05, 3.63) is 35.9 Å². The van der Waals surface area contributed by atoms with Crippen LogP contribution in [0.3, 0.4) is 0 Å². The monoisotopic (exact) mass is 298 g/mol. The first-order chi connectivity index (χ1) is 10.5. The minimum atomic E-state index is -0.999. The van der Waals surface area contributed by atoms with Crippen LogP contribution in [0, 0.1) is 11.3 Å². The van der Waals surface area contributed by atoms with Gasteiger partial charge in [0.05, 0.1) is 24.6 Å². The first-order valence-electron chi connectivity index (χ1n) is 7.27. The number of nitrogens with zero attached hydrogens (tertiary/aromatic N) is 6. The van der Waals surface area contributed by atoms with Gasteiger partial charge in [-0.3, -0.25) is 0 Å². The molecule has 0 spiro atoms. The summed E-state index contributed by atoms with van der Waals surface area (Å²) in [6, 6.07) is 5.74. The van der Waals surface area contributed by atoms with E-state index in [9.17, 15) is 5.11 Å². The number of pyridine rings is 1. The summed E-state index contributed by atoms with van der Waals surface area (Å²) in [5.41, 5.74) is 0.885. The Hall–Kier alpha value is -2.46. The van der Waals surface area contributed by atoms with Gasteiger partial charge in [0, 0.05) is 19.0 Å². The third-order valence-corrected chi connectivity index (χ3v) is 3.99. The van der Waals surface area contributed by atoms with Crippen molar-refractivity contribution < 1.29 is 5.11 Å². The van der Waals surface area contributed by atoms with Crippen molar-refractivity contribution in [2.24, 2.45) is 0 Å². The van der Waals surface area contributed by atoms with E-state index in [1.807, 2.05) is 37.1 Å². The van der Waals surface area contributed by atoms with Crippen molar-refractivity contribution in [2.75, 3.05) is 18.0 Å². The first-order valence-corrected chi connectivity index (χ1v) is 7.27. The van der Waals surface area contributed by atoms with Gasteiger partial charge in [-0.1, -0.05) is 5.21 Å². The smallest absolute Gasteiger partial charge is 0.140 e. The van der Waals surface area contributed by atoms with E-state index < -0.39 is 5.60 Å². The molecule has 2 aromatic rings. The van der Waals surface area contributed by atoms with E-state index >= 15 is 0 Å². The molecule has 0 bridgehead atoms. The fourth-order valence-electron chi connectivity index (χ4n) is 2.60. The fraction of sp³-hybridized carbons (Fsp3) is 0.467. The molecule has 1 aliphatic heterocycles. The summed E-state index contributed by atoms with van der Waals surface area (Å²) < 4.78 is 1.75. The molecule has 0 aliphatic carbocycles. The lowest BCUT2D eigenvalue weighted by Crippen LogP contribution is -2.31. The molecule has 22 heavy (non-hydrogen) atoms. The Morgan fingerprint density at radius 2 is 2.23 bits per heavy atom. The van der Waals surface area contributed by atoms with Gasteiger partial charge in [-0.15, -0.1) is 5.10 Å². The van der Waals surface area contributed by atoms with Gasteiger partial charge in [0.25, 0.3) is 0 Å². The van der Waals surface area contributed by atoms with Crippen LogP contribution in [0.5, 0.6) is 0 Å². The molecule has 2 aromatic heterocycles. The molecule has 3 heterocycles. The van der Waals surface area contributed by atoms with Crippen LogP contribution in [-0.4, -0.2) is 38.2 Å². The Labute approximate surface area is 128 Å². The van der Waals surface area contributed by atoms with Gasteiger partial charge in [0.15, 0.2) is 0 Å². The van der Waals surface area contributed by atoms with Crippen molar-refractivity contribution in [3.8, 4) is 6.07 Å². The Morgan fingerprint density at radius 3 is 2.82 bits per heavy atom. The molecule has 7 nitrogen and oxygen atoms in total. The van der Waals surface area contributed by atoms with E-state index in [0.717, 1.165) is 5.69 Å². The molecule has 1 N–H and O–H groups in total. The average molecular weight is 298 g/mol. The molecule has 1 saturated heterocycles. The zero-order chi connectivity index (χ0) is 15.7. The highest BCUT2D eigenvalue weighted by molar-refractivity contribution is 5.48. The van der Waals surface area contributed by atoms with Gasteiger partial charge in [-0.25, -0.2) is 9.67 Å². The maximum Gasteiger partial charge on any atom is 0.140 e. The van der Waals surface area contributed by atoms with E-state index in [0.29, 0.717) is 30.9 Å². The second kappa shape index (κ2) is 5.39. The van der Waals surface area contributed by atoms with Gasteiger partial charge < -0.3 is 10.0 Å². The Bertz CT molecular complexity index is 702. The number of anilines is 1. The number of hydrogen-bond donors (Lipinski definition) is 1. The van der Waals surface area contributed by atoms with Crippen LogP contribution in [0.15, 0.2) is 24.5 Å². The highest BCUT2D eigenvalue weighted by atomic mass is 16.3. The van der Waals surface area contributed by atoms with Crippen LogP contribution in [0.4, 0.5) is 5.69 Å². The Morgan fingerprint density at radius 1 is 1.41 bits per heavy atom. The maximum atomic E-state index is 10.9. The molecular formula is C15H18N6O. The lowest BCUT2D eigenvalue weighted by molar-refractivity contribution is 0.0559. The summed E-state index contributed by atoms with van der Waals surface area (Å²) in [7, 11) is 0. The van der Waals surface area contributed by atoms with E-state index in [2.05, 4.69) is 15.3 Å². The normalized spacial score (nSPS) is 21.3. The van der Waals surface area contributed by atoms with Gasteiger partial charge in [-0.05, 0) is 26.0 Å². The molecule has 0 amide bonds. The molecule has 1 atom stereocenters. The summed E-state index contributed by atoms with van der Waals surface area (Å²) in [6.07, 6.45) is 4.06. The van der Waals surface area contributed by atoms with Gasteiger partial charge in [0.1, 0.15) is 23.1 Å². The number of hydrogen-bond acceptors (Lipinski definition) is 6. The fourth-order valence-corrected chi connectivity index (χ4v) is 2.60. The second-order valence-corrected chi connectivity index (χ2v) is 5.89. The molecule has 0 unspecified atom stereocenters. The zero-order valence-corrected chi connectivity index (χ0v) is 12.6. The standard InChI is InChI=1S/C15H18N6O/c1-11(2)21-9-14(18-19-21)15(22)5-6-20(10-15)13-4-3-12(7-16)17-8-13/h3-4,8-9,11,22H,5-6,10H2,1-2H3/t15-/m1/s1. The maximum absolute atomic E-state index is 10.9. The Kier molecular flexibility index (Phi) is 3.54. The lowest BCUT2D eigenvalue weighted by Gasteiger charge is -2.22. The van der Waals surface area contributed by atoms with Crippen molar-refractivity contribution >= 4 is 5.69 Å². The summed E-state index contributed by atoms with van der Waals surface area (Å²) in [5, 5.41) is 27.8. The predicted octanol–water partition coefficient (Wildman–Crippen LogP) is 1.22. The quantitative estimate of drug-likeness (QED) is 0.916. The van der Waals surface area contributed by atoms with E-state index in [1.54, 1.807) is 16.9 Å². The number of rotatable bonds is 3.